The van der Waals surface area contributed by atoms with E-state index in [2.05, 4.69) is 5.32 Å². The molecule has 0 unspecified atom stereocenters. The highest BCUT2D eigenvalue weighted by atomic mass is 32.2. The van der Waals surface area contributed by atoms with Gasteiger partial charge < -0.3 is 10.1 Å². The summed E-state index contributed by atoms with van der Waals surface area (Å²) in [7, 11) is -3.10. The van der Waals surface area contributed by atoms with Crippen LogP contribution in [0.15, 0.2) is 47.4 Å². The minimum atomic E-state index is -4.59. The van der Waals surface area contributed by atoms with Crippen LogP contribution < -0.4 is 10.1 Å². The van der Waals surface area contributed by atoms with Crippen molar-refractivity contribution in [3.63, 3.8) is 0 Å². The second kappa shape index (κ2) is 8.78. The summed E-state index contributed by atoms with van der Waals surface area (Å²) in [6.45, 7) is 0.633. The lowest BCUT2D eigenvalue weighted by molar-refractivity contribution is -0.137. The molecule has 1 amide bonds. The van der Waals surface area contributed by atoms with Gasteiger partial charge in [0.1, 0.15) is 16.5 Å². The Labute approximate surface area is 165 Å². The maximum atomic E-state index is 13.6. The third kappa shape index (κ3) is 5.45. The number of likely N-dealkylation sites (N-methyl/N-ethyl adjacent to an activating group) is 1. The van der Waals surface area contributed by atoms with E-state index in [0.717, 1.165) is 40.7 Å². The molecule has 29 heavy (non-hydrogen) atoms. The van der Waals surface area contributed by atoms with Crippen molar-refractivity contribution in [3.05, 3.63) is 53.8 Å². The van der Waals surface area contributed by atoms with Crippen LogP contribution in [0.1, 0.15) is 12.5 Å². The minimum absolute atomic E-state index is 0.108. The summed E-state index contributed by atoms with van der Waals surface area (Å²) >= 11 is 0. The van der Waals surface area contributed by atoms with Gasteiger partial charge in [0.05, 0.1) is 19.2 Å². The fraction of sp³-hybridized carbons (Fsp3) is 0.278. The number of nitrogens with zero attached hydrogens (tertiary/aromatic N) is 1. The monoisotopic (exact) mass is 434 g/mol. The fourth-order valence-electron chi connectivity index (χ4n) is 2.49. The summed E-state index contributed by atoms with van der Waals surface area (Å²) in [6.07, 6.45) is -4.59. The summed E-state index contributed by atoms with van der Waals surface area (Å²) in [5.74, 6) is -1.78. The number of methoxy groups -OCH3 is 1. The van der Waals surface area contributed by atoms with Crippen molar-refractivity contribution < 1.29 is 35.5 Å². The van der Waals surface area contributed by atoms with E-state index in [9.17, 15) is 30.8 Å². The summed E-state index contributed by atoms with van der Waals surface area (Å²) in [6, 6.07) is 6.86. The van der Waals surface area contributed by atoms with E-state index in [1.165, 1.54) is 20.1 Å². The summed E-state index contributed by atoms with van der Waals surface area (Å²) in [4.78, 5) is 11.8. The first-order valence-corrected chi connectivity index (χ1v) is 9.74. The number of alkyl halides is 3. The van der Waals surface area contributed by atoms with Crippen LogP contribution in [0, 0.1) is 5.82 Å². The largest absolute Gasteiger partial charge is 0.495 e. The first-order chi connectivity index (χ1) is 13.5. The molecule has 0 atom stereocenters. The van der Waals surface area contributed by atoms with Gasteiger partial charge in [-0.3, -0.25) is 4.79 Å². The standard InChI is InChI=1S/C18H18F4N2O4S/c1-3-24(29(26,27)16-10-13(19)7-8-15(16)28-2)11-17(25)23-14-6-4-5-12(9-14)18(20,21)22/h4-10H,3,11H2,1-2H3,(H,23,25). The number of hydrogen-bond donors (Lipinski definition) is 1. The molecule has 0 fully saturated rings. The Hall–Kier alpha value is -2.66. The lowest BCUT2D eigenvalue weighted by Gasteiger charge is -2.21. The molecule has 1 N–H and O–H groups in total. The second-order valence-electron chi connectivity index (χ2n) is 5.85. The van der Waals surface area contributed by atoms with E-state index in [-0.39, 0.29) is 18.0 Å². The van der Waals surface area contributed by atoms with Gasteiger partial charge in [0, 0.05) is 12.2 Å². The van der Waals surface area contributed by atoms with Gasteiger partial charge in [0.2, 0.25) is 15.9 Å². The molecule has 0 saturated heterocycles. The lowest BCUT2D eigenvalue weighted by Crippen LogP contribution is -2.38. The van der Waals surface area contributed by atoms with Crippen molar-refractivity contribution in [2.45, 2.75) is 18.0 Å². The molecule has 2 aromatic carbocycles. The van der Waals surface area contributed by atoms with Gasteiger partial charge in [-0.25, -0.2) is 12.8 Å². The third-order valence-electron chi connectivity index (χ3n) is 3.89. The number of rotatable bonds is 7. The molecule has 0 aliphatic rings. The van der Waals surface area contributed by atoms with Crippen LogP contribution in [-0.4, -0.2) is 38.8 Å². The lowest BCUT2D eigenvalue weighted by atomic mass is 10.2. The normalized spacial score (nSPS) is 12.1. The van der Waals surface area contributed by atoms with Gasteiger partial charge in [-0.05, 0) is 36.4 Å². The van der Waals surface area contributed by atoms with Gasteiger partial charge in [-0.1, -0.05) is 13.0 Å². The number of carbonyl (C=O) groups is 1. The smallest absolute Gasteiger partial charge is 0.416 e. The van der Waals surface area contributed by atoms with Gasteiger partial charge >= 0.3 is 6.18 Å². The first-order valence-electron chi connectivity index (χ1n) is 8.29. The van der Waals surface area contributed by atoms with E-state index in [0.29, 0.717) is 0 Å². The van der Waals surface area contributed by atoms with Crippen LogP contribution in [0.5, 0.6) is 5.75 Å². The molecule has 2 rings (SSSR count). The van der Waals surface area contributed by atoms with E-state index in [1.54, 1.807) is 0 Å². The molecule has 2 aromatic rings. The number of anilines is 1. The van der Waals surface area contributed by atoms with Crippen LogP contribution in [0.2, 0.25) is 0 Å². The molecule has 0 radical (unpaired) electrons. The fourth-order valence-corrected chi connectivity index (χ4v) is 4.06. The number of carbonyl (C=O) groups excluding carboxylic acids is 1. The van der Waals surface area contributed by atoms with Crippen molar-refractivity contribution >= 4 is 21.6 Å². The second-order valence-corrected chi connectivity index (χ2v) is 7.76. The maximum absolute atomic E-state index is 13.6. The highest BCUT2D eigenvalue weighted by Crippen LogP contribution is 2.31. The van der Waals surface area contributed by atoms with E-state index < -0.39 is 44.9 Å². The number of halogens is 4. The van der Waals surface area contributed by atoms with Crippen LogP contribution in [-0.2, 0) is 21.0 Å². The van der Waals surface area contributed by atoms with Gasteiger partial charge in [0.25, 0.3) is 0 Å². The number of benzene rings is 2. The van der Waals surface area contributed by atoms with Crippen LogP contribution >= 0.6 is 0 Å². The molecule has 158 valence electrons. The van der Waals surface area contributed by atoms with Crippen LogP contribution in [0.4, 0.5) is 23.2 Å². The third-order valence-corrected chi connectivity index (χ3v) is 5.83. The maximum Gasteiger partial charge on any atom is 0.416 e. The number of hydrogen-bond acceptors (Lipinski definition) is 4. The number of amides is 1. The molecule has 6 nitrogen and oxygen atoms in total. The van der Waals surface area contributed by atoms with Crippen molar-refractivity contribution in [1.82, 2.24) is 4.31 Å². The Bertz CT molecular complexity index is 994. The molecule has 0 aromatic heterocycles. The zero-order valence-electron chi connectivity index (χ0n) is 15.5. The molecule has 0 heterocycles. The molecular formula is C18H18F4N2O4S. The zero-order valence-corrected chi connectivity index (χ0v) is 16.3. The Morgan fingerprint density at radius 3 is 2.45 bits per heavy atom. The molecule has 0 spiro atoms. The van der Waals surface area contributed by atoms with E-state index in [1.807, 2.05) is 0 Å². The highest BCUT2D eigenvalue weighted by molar-refractivity contribution is 7.89. The SMILES string of the molecule is CCN(CC(=O)Nc1cccc(C(F)(F)F)c1)S(=O)(=O)c1cc(F)ccc1OC. The summed E-state index contributed by atoms with van der Waals surface area (Å²) in [5, 5.41) is 2.23. The van der Waals surface area contributed by atoms with Gasteiger partial charge in [-0.15, -0.1) is 0 Å². The molecule has 0 aliphatic carbocycles. The van der Waals surface area contributed by atoms with Crippen molar-refractivity contribution in [3.8, 4) is 5.75 Å². The van der Waals surface area contributed by atoms with Crippen LogP contribution in [0.25, 0.3) is 0 Å². The molecule has 0 saturated carbocycles. The van der Waals surface area contributed by atoms with Crippen molar-refractivity contribution in [2.24, 2.45) is 0 Å². The van der Waals surface area contributed by atoms with E-state index >= 15 is 0 Å². The van der Waals surface area contributed by atoms with Gasteiger partial charge in [-0.2, -0.15) is 17.5 Å². The predicted octanol–water partition coefficient (Wildman–Crippen LogP) is 3.50. The zero-order chi connectivity index (χ0) is 21.8. The predicted molar refractivity (Wildman–Crippen MR) is 97.5 cm³/mol. The van der Waals surface area contributed by atoms with Crippen molar-refractivity contribution in [1.29, 1.82) is 0 Å². The topological polar surface area (TPSA) is 75.7 Å². The van der Waals surface area contributed by atoms with E-state index in [4.69, 9.17) is 4.74 Å². The number of ether oxygens (including phenoxy) is 1. The average Bonchev–Trinajstić information content (AvgIpc) is 2.65. The molecule has 0 bridgehead atoms. The highest BCUT2D eigenvalue weighted by Gasteiger charge is 2.31. The molecular weight excluding hydrogens is 416 g/mol. The number of sulfonamides is 1. The quantitative estimate of drug-likeness (QED) is 0.677. The minimum Gasteiger partial charge on any atom is -0.495 e. The molecule has 0 aliphatic heterocycles. The summed E-state index contributed by atoms with van der Waals surface area (Å²) in [5.41, 5.74) is -1.10. The average molecular weight is 434 g/mol. The Morgan fingerprint density at radius 2 is 1.86 bits per heavy atom. The van der Waals surface area contributed by atoms with Crippen molar-refractivity contribution in [2.75, 3.05) is 25.5 Å². The number of nitrogens with one attached hydrogen (secondary N) is 1. The van der Waals surface area contributed by atoms with Crippen LogP contribution in [0.3, 0.4) is 0 Å². The Balaban J connectivity index is 2.23. The Morgan fingerprint density at radius 1 is 1.17 bits per heavy atom. The van der Waals surface area contributed by atoms with Gasteiger partial charge in [0.15, 0.2) is 0 Å². The first kappa shape index (κ1) is 22.6. The Kier molecular flexibility index (Phi) is 6.85. The summed E-state index contributed by atoms with van der Waals surface area (Å²) < 4.78 is 83.2. The molecule has 11 heteroatoms.